The molecule has 0 fully saturated rings. The predicted molar refractivity (Wildman–Crippen MR) is 54.9 cm³/mol. The van der Waals surface area contributed by atoms with Crippen molar-refractivity contribution in [2.24, 2.45) is 0 Å². The van der Waals surface area contributed by atoms with Crippen molar-refractivity contribution >= 4 is 21.7 Å². The van der Waals surface area contributed by atoms with Gasteiger partial charge in [0.2, 0.25) is 0 Å². The van der Waals surface area contributed by atoms with Gasteiger partial charge in [-0.25, -0.2) is 4.39 Å². The average Bonchev–Trinajstić information content (AvgIpc) is 2.14. The SMILES string of the molecule is CCOCC(=O)c1c(F)cccc1Br. The minimum Gasteiger partial charge on any atom is -0.374 e. The van der Waals surface area contributed by atoms with Crippen LogP contribution >= 0.6 is 15.9 Å². The van der Waals surface area contributed by atoms with Crippen molar-refractivity contribution < 1.29 is 13.9 Å². The molecule has 0 aromatic heterocycles. The molecular formula is C10H10BrFO2. The first-order valence-corrected chi connectivity index (χ1v) is 5.01. The molecule has 0 bridgehead atoms. The van der Waals surface area contributed by atoms with Gasteiger partial charge in [-0.3, -0.25) is 4.79 Å². The molecule has 0 aliphatic rings. The van der Waals surface area contributed by atoms with Crippen molar-refractivity contribution in [3.8, 4) is 0 Å². The molecule has 0 radical (unpaired) electrons. The Labute approximate surface area is 90.2 Å². The van der Waals surface area contributed by atoms with E-state index in [0.717, 1.165) is 0 Å². The lowest BCUT2D eigenvalue weighted by Gasteiger charge is -2.04. The molecular weight excluding hydrogens is 251 g/mol. The van der Waals surface area contributed by atoms with Crippen LogP contribution in [0.4, 0.5) is 4.39 Å². The van der Waals surface area contributed by atoms with Gasteiger partial charge in [-0.2, -0.15) is 0 Å². The maximum atomic E-state index is 13.2. The molecule has 0 saturated carbocycles. The Kier molecular flexibility index (Phi) is 4.22. The standard InChI is InChI=1S/C10H10BrFO2/c1-2-14-6-9(13)10-7(11)4-3-5-8(10)12/h3-5H,2,6H2,1H3. The summed E-state index contributed by atoms with van der Waals surface area (Å²) in [4.78, 5) is 11.5. The number of carbonyl (C=O) groups is 1. The van der Waals surface area contributed by atoms with Gasteiger partial charge in [-0.15, -0.1) is 0 Å². The summed E-state index contributed by atoms with van der Waals surface area (Å²) >= 11 is 3.12. The molecule has 14 heavy (non-hydrogen) atoms. The van der Waals surface area contributed by atoms with Gasteiger partial charge < -0.3 is 4.74 Å². The molecule has 0 aliphatic heterocycles. The van der Waals surface area contributed by atoms with Gasteiger partial charge in [0.1, 0.15) is 12.4 Å². The van der Waals surface area contributed by atoms with Crippen molar-refractivity contribution in [2.75, 3.05) is 13.2 Å². The van der Waals surface area contributed by atoms with Gasteiger partial charge in [0.05, 0.1) is 5.56 Å². The van der Waals surface area contributed by atoms with Crippen LogP contribution in [0.2, 0.25) is 0 Å². The number of carbonyl (C=O) groups excluding carboxylic acids is 1. The molecule has 76 valence electrons. The predicted octanol–water partition coefficient (Wildman–Crippen LogP) is 2.81. The minimum atomic E-state index is -0.524. The smallest absolute Gasteiger partial charge is 0.192 e. The third-order valence-corrected chi connectivity index (χ3v) is 2.34. The molecule has 0 unspecified atom stereocenters. The van der Waals surface area contributed by atoms with Crippen LogP contribution in [0.25, 0.3) is 0 Å². The number of rotatable bonds is 4. The first-order valence-electron chi connectivity index (χ1n) is 4.21. The Balaban J connectivity index is 2.89. The van der Waals surface area contributed by atoms with Crippen molar-refractivity contribution in [2.45, 2.75) is 6.92 Å². The fourth-order valence-electron chi connectivity index (χ4n) is 1.03. The topological polar surface area (TPSA) is 26.3 Å². The number of benzene rings is 1. The summed E-state index contributed by atoms with van der Waals surface area (Å²) < 4.78 is 18.6. The molecule has 0 saturated heterocycles. The van der Waals surface area contributed by atoms with E-state index in [1.807, 2.05) is 0 Å². The van der Waals surface area contributed by atoms with Crippen LogP contribution in [-0.2, 0) is 4.74 Å². The number of hydrogen-bond acceptors (Lipinski definition) is 2. The summed E-state index contributed by atoms with van der Waals surface area (Å²) in [6.07, 6.45) is 0. The third kappa shape index (κ3) is 2.62. The highest BCUT2D eigenvalue weighted by Crippen LogP contribution is 2.20. The van der Waals surface area contributed by atoms with Gasteiger partial charge in [0.15, 0.2) is 5.78 Å². The summed E-state index contributed by atoms with van der Waals surface area (Å²) in [5.74, 6) is -0.874. The zero-order valence-corrected chi connectivity index (χ0v) is 9.30. The Hall–Kier alpha value is -0.740. The second-order valence-corrected chi connectivity index (χ2v) is 3.51. The number of Topliss-reactive ketones (excluding diaryl/α,β-unsaturated/α-hetero) is 1. The highest BCUT2D eigenvalue weighted by molar-refractivity contribution is 9.10. The molecule has 0 N–H and O–H groups in total. The molecule has 1 aromatic rings. The van der Waals surface area contributed by atoms with E-state index in [2.05, 4.69) is 15.9 Å². The fourth-order valence-corrected chi connectivity index (χ4v) is 1.59. The lowest BCUT2D eigenvalue weighted by atomic mass is 10.1. The Morgan fingerprint density at radius 2 is 2.29 bits per heavy atom. The summed E-state index contributed by atoms with van der Waals surface area (Å²) in [6, 6.07) is 4.42. The summed E-state index contributed by atoms with van der Waals surface area (Å²) in [6.45, 7) is 2.14. The lowest BCUT2D eigenvalue weighted by molar-refractivity contribution is 0.0778. The van der Waals surface area contributed by atoms with E-state index in [9.17, 15) is 9.18 Å². The zero-order chi connectivity index (χ0) is 10.6. The first-order chi connectivity index (χ1) is 6.66. The quantitative estimate of drug-likeness (QED) is 0.779. The van der Waals surface area contributed by atoms with Gasteiger partial charge in [0, 0.05) is 11.1 Å². The van der Waals surface area contributed by atoms with Crippen LogP contribution in [0.1, 0.15) is 17.3 Å². The van der Waals surface area contributed by atoms with Gasteiger partial charge in [-0.05, 0) is 35.0 Å². The second kappa shape index (κ2) is 5.22. The van der Waals surface area contributed by atoms with E-state index < -0.39 is 5.82 Å². The molecule has 0 amide bonds. The van der Waals surface area contributed by atoms with E-state index in [1.54, 1.807) is 13.0 Å². The Bertz CT molecular complexity index is 319. The number of halogens is 2. The van der Waals surface area contributed by atoms with Crippen LogP contribution in [-0.4, -0.2) is 19.0 Å². The lowest BCUT2D eigenvalue weighted by Crippen LogP contribution is -2.11. The monoisotopic (exact) mass is 260 g/mol. The molecule has 0 heterocycles. The van der Waals surface area contributed by atoms with Gasteiger partial charge >= 0.3 is 0 Å². The van der Waals surface area contributed by atoms with E-state index in [4.69, 9.17) is 4.74 Å². The van der Waals surface area contributed by atoms with E-state index in [-0.39, 0.29) is 18.0 Å². The molecule has 4 heteroatoms. The number of ether oxygens (including phenoxy) is 1. The minimum absolute atomic E-state index is 0.0564. The summed E-state index contributed by atoms with van der Waals surface area (Å²) in [5, 5.41) is 0. The molecule has 2 nitrogen and oxygen atoms in total. The van der Waals surface area contributed by atoms with Crippen molar-refractivity contribution in [1.29, 1.82) is 0 Å². The fraction of sp³-hybridized carbons (Fsp3) is 0.300. The summed E-state index contributed by atoms with van der Waals surface area (Å²) in [7, 11) is 0. The van der Waals surface area contributed by atoms with Crippen LogP contribution < -0.4 is 0 Å². The second-order valence-electron chi connectivity index (χ2n) is 2.66. The van der Waals surface area contributed by atoms with Crippen LogP contribution in [0.15, 0.2) is 22.7 Å². The van der Waals surface area contributed by atoms with E-state index in [0.29, 0.717) is 11.1 Å². The normalized spacial score (nSPS) is 10.2. The Morgan fingerprint density at radius 3 is 2.86 bits per heavy atom. The largest absolute Gasteiger partial charge is 0.374 e. The zero-order valence-electron chi connectivity index (χ0n) is 7.72. The first kappa shape index (κ1) is 11.3. The molecule has 1 aromatic carbocycles. The van der Waals surface area contributed by atoms with Crippen molar-refractivity contribution in [3.63, 3.8) is 0 Å². The van der Waals surface area contributed by atoms with Crippen LogP contribution in [0.3, 0.4) is 0 Å². The molecule has 0 aliphatic carbocycles. The van der Waals surface area contributed by atoms with Gasteiger partial charge in [-0.1, -0.05) is 6.07 Å². The van der Waals surface area contributed by atoms with Crippen molar-refractivity contribution in [3.05, 3.63) is 34.1 Å². The molecule has 0 atom stereocenters. The summed E-state index contributed by atoms with van der Waals surface area (Å²) in [5.41, 5.74) is 0.0564. The number of hydrogen-bond donors (Lipinski definition) is 0. The average molecular weight is 261 g/mol. The van der Waals surface area contributed by atoms with Crippen molar-refractivity contribution in [1.82, 2.24) is 0 Å². The molecule has 0 spiro atoms. The third-order valence-electron chi connectivity index (χ3n) is 1.68. The highest BCUT2D eigenvalue weighted by atomic mass is 79.9. The Morgan fingerprint density at radius 1 is 1.57 bits per heavy atom. The number of ketones is 1. The highest BCUT2D eigenvalue weighted by Gasteiger charge is 2.14. The molecule has 1 rings (SSSR count). The maximum absolute atomic E-state index is 13.2. The van der Waals surface area contributed by atoms with Gasteiger partial charge in [0.25, 0.3) is 0 Å². The maximum Gasteiger partial charge on any atom is 0.192 e. The van der Waals surface area contributed by atoms with E-state index >= 15 is 0 Å². The van der Waals surface area contributed by atoms with Crippen LogP contribution in [0, 0.1) is 5.82 Å². The van der Waals surface area contributed by atoms with Crippen LogP contribution in [0.5, 0.6) is 0 Å². The van der Waals surface area contributed by atoms with E-state index in [1.165, 1.54) is 12.1 Å².